The van der Waals surface area contributed by atoms with Gasteiger partial charge in [0.25, 0.3) is 0 Å². The van der Waals surface area contributed by atoms with Gasteiger partial charge in [-0.05, 0) is 36.4 Å². The van der Waals surface area contributed by atoms with E-state index in [0.29, 0.717) is 11.3 Å². The smallest absolute Gasteiger partial charge is 0.356 e. The summed E-state index contributed by atoms with van der Waals surface area (Å²) in [5.41, 5.74) is 0.959. The maximum atomic E-state index is 14.5. The Bertz CT molecular complexity index is 1280. The molecule has 3 aromatic heterocycles. The molecule has 0 spiro atoms. The van der Waals surface area contributed by atoms with Gasteiger partial charge in [-0.1, -0.05) is 18.2 Å². The van der Waals surface area contributed by atoms with Crippen LogP contribution in [0.5, 0.6) is 5.75 Å². The number of hydrogen-bond acceptors (Lipinski definition) is 6. The normalized spacial score (nSPS) is 10.8. The minimum Gasteiger partial charge on any atom is -0.495 e. The lowest BCUT2D eigenvalue weighted by molar-refractivity contribution is 0.0594. The number of carbonyl (C=O) groups is 2. The van der Waals surface area contributed by atoms with Crippen molar-refractivity contribution in [2.75, 3.05) is 14.2 Å². The Balaban J connectivity index is 1.95. The Morgan fingerprint density at radius 1 is 0.967 bits per heavy atom. The van der Waals surface area contributed by atoms with Crippen molar-refractivity contribution >= 4 is 17.3 Å². The number of pyridine rings is 2. The lowest BCUT2D eigenvalue weighted by Crippen LogP contribution is -2.10. The molecule has 150 valence electrons. The summed E-state index contributed by atoms with van der Waals surface area (Å²) < 4.78 is 25.9. The van der Waals surface area contributed by atoms with Gasteiger partial charge >= 0.3 is 5.97 Å². The molecule has 1 aromatic carbocycles. The fourth-order valence-corrected chi connectivity index (χ4v) is 3.12. The van der Waals surface area contributed by atoms with Crippen LogP contribution in [0, 0.1) is 5.82 Å². The summed E-state index contributed by atoms with van der Waals surface area (Å²) in [5.74, 6) is -1.16. The van der Waals surface area contributed by atoms with Crippen LogP contribution >= 0.6 is 0 Å². The number of ketones is 1. The second-order valence-electron chi connectivity index (χ2n) is 6.33. The molecule has 30 heavy (non-hydrogen) atoms. The molecule has 8 heteroatoms. The molecule has 0 fully saturated rings. The van der Waals surface area contributed by atoms with Crippen molar-refractivity contribution in [3.63, 3.8) is 0 Å². The van der Waals surface area contributed by atoms with Gasteiger partial charge in [-0.25, -0.2) is 18.7 Å². The van der Waals surface area contributed by atoms with Crippen molar-refractivity contribution in [2.24, 2.45) is 0 Å². The summed E-state index contributed by atoms with van der Waals surface area (Å²) in [6, 6.07) is 13.9. The molecule has 0 aliphatic heterocycles. The van der Waals surface area contributed by atoms with Crippen molar-refractivity contribution in [2.45, 2.75) is 0 Å². The molecule has 4 rings (SSSR count). The topological polar surface area (TPSA) is 82.8 Å². The SMILES string of the molecule is COC(=O)c1cccc(C(=O)c2c(-c3ccccc3F)nn3cc(OC)ccc23)n1. The molecule has 0 bridgehead atoms. The Labute approximate surface area is 170 Å². The number of aromatic nitrogens is 3. The number of nitrogens with zero attached hydrogens (tertiary/aromatic N) is 3. The molecular formula is C22H16FN3O4. The van der Waals surface area contributed by atoms with Crippen molar-refractivity contribution in [1.82, 2.24) is 14.6 Å². The van der Waals surface area contributed by atoms with Crippen LogP contribution in [-0.4, -0.2) is 40.6 Å². The largest absolute Gasteiger partial charge is 0.495 e. The third kappa shape index (κ3) is 3.28. The maximum absolute atomic E-state index is 14.5. The quantitative estimate of drug-likeness (QED) is 0.373. The molecule has 0 aliphatic carbocycles. The van der Waals surface area contributed by atoms with E-state index < -0.39 is 17.6 Å². The van der Waals surface area contributed by atoms with E-state index in [1.165, 1.54) is 43.0 Å². The summed E-state index contributed by atoms with van der Waals surface area (Å²) in [4.78, 5) is 29.4. The number of fused-ring (bicyclic) bond motifs is 1. The summed E-state index contributed by atoms with van der Waals surface area (Å²) in [6.45, 7) is 0. The highest BCUT2D eigenvalue weighted by Crippen LogP contribution is 2.31. The molecule has 0 saturated heterocycles. The van der Waals surface area contributed by atoms with Crippen molar-refractivity contribution < 1.29 is 23.5 Å². The predicted molar refractivity (Wildman–Crippen MR) is 106 cm³/mol. The van der Waals surface area contributed by atoms with E-state index in [1.54, 1.807) is 36.5 Å². The highest BCUT2D eigenvalue weighted by molar-refractivity contribution is 6.16. The zero-order valence-electron chi connectivity index (χ0n) is 16.1. The molecule has 0 atom stereocenters. The van der Waals surface area contributed by atoms with E-state index in [4.69, 9.17) is 4.74 Å². The highest BCUT2D eigenvalue weighted by atomic mass is 19.1. The number of carbonyl (C=O) groups excluding carboxylic acids is 2. The predicted octanol–water partition coefficient (Wildman–Crippen LogP) is 3.56. The van der Waals surface area contributed by atoms with E-state index in [9.17, 15) is 14.0 Å². The summed E-state index contributed by atoms with van der Waals surface area (Å²) in [5, 5.41) is 4.43. The van der Waals surface area contributed by atoms with Crippen LogP contribution in [0.25, 0.3) is 16.8 Å². The first kappa shape index (κ1) is 19.3. The number of esters is 1. The van der Waals surface area contributed by atoms with E-state index >= 15 is 0 Å². The van der Waals surface area contributed by atoms with Gasteiger partial charge in [0.1, 0.15) is 28.6 Å². The van der Waals surface area contributed by atoms with Crippen molar-refractivity contribution in [3.05, 3.63) is 83.6 Å². The molecule has 7 nitrogen and oxygen atoms in total. The molecule has 0 saturated carbocycles. The van der Waals surface area contributed by atoms with E-state index in [0.717, 1.165) is 0 Å². The second-order valence-corrected chi connectivity index (χ2v) is 6.33. The molecule has 0 amide bonds. The Hall–Kier alpha value is -4.07. The number of halogens is 1. The van der Waals surface area contributed by atoms with Crippen LogP contribution in [0.1, 0.15) is 26.5 Å². The summed E-state index contributed by atoms with van der Waals surface area (Å²) in [7, 11) is 2.74. The Kier molecular flexibility index (Phi) is 4.97. The third-order valence-corrected chi connectivity index (χ3v) is 4.57. The number of methoxy groups -OCH3 is 2. The number of benzene rings is 1. The Morgan fingerprint density at radius 2 is 1.73 bits per heavy atom. The number of rotatable bonds is 5. The van der Waals surface area contributed by atoms with E-state index in [1.807, 2.05) is 0 Å². The number of hydrogen-bond donors (Lipinski definition) is 0. The molecule has 0 unspecified atom stereocenters. The van der Waals surface area contributed by atoms with Gasteiger partial charge in [-0.15, -0.1) is 0 Å². The first-order valence-electron chi connectivity index (χ1n) is 8.95. The minimum atomic E-state index is -0.663. The molecule has 0 N–H and O–H groups in total. The van der Waals surface area contributed by atoms with Gasteiger partial charge in [0.2, 0.25) is 5.78 Å². The monoisotopic (exact) mass is 405 g/mol. The maximum Gasteiger partial charge on any atom is 0.356 e. The van der Waals surface area contributed by atoms with Gasteiger partial charge in [-0.3, -0.25) is 4.79 Å². The fraction of sp³-hybridized carbons (Fsp3) is 0.0909. The van der Waals surface area contributed by atoms with Crippen molar-refractivity contribution in [1.29, 1.82) is 0 Å². The molecule has 0 radical (unpaired) electrons. The average Bonchev–Trinajstić information content (AvgIpc) is 3.16. The molecule has 0 aliphatic rings. The summed E-state index contributed by atoms with van der Waals surface area (Å²) in [6.07, 6.45) is 1.59. The lowest BCUT2D eigenvalue weighted by Gasteiger charge is -2.05. The highest BCUT2D eigenvalue weighted by Gasteiger charge is 2.25. The van der Waals surface area contributed by atoms with Gasteiger partial charge < -0.3 is 9.47 Å². The minimum absolute atomic E-state index is 0.00562. The van der Waals surface area contributed by atoms with Crippen LogP contribution in [0.4, 0.5) is 4.39 Å². The van der Waals surface area contributed by atoms with Crippen LogP contribution in [0.3, 0.4) is 0 Å². The molecule has 4 aromatic rings. The fourth-order valence-electron chi connectivity index (χ4n) is 3.12. The first-order valence-corrected chi connectivity index (χ1v) is 8.95. The standard InChI is InChI=1S/C22H16FN3O4/c1-29-13-10-11-18-19(21(27)16-8-5-9-17(24-16)22(28)30-2)20(25-26(18)12-13)14-6-3-4-7-15(14)23/h3-12H,1-2H3. The molecule has 3 heterocycles. The Morgan fingerprint density at radius 3 is 2.47 bits per heavy atom. The van der Waals surface area contributed by atoms with Crippen LogP contribution < -0.4 is 4.74 Å². The van der Waals surface area contributed by atoms with Gasteiger partial charge in [0.15, 0.2) is 0 Å². The second kappa shape index (κ2) is 7.75. The zero-order chi connectivity index (χ0) is 21.3. The first-order chi connectivity index (χ1) is 14.5. The third-order valence-electron chi connectivity index (χ3n) is 4.57. The van der Waals surface area contributed by atoms with Crippen LogP contribution in [-0.2, 0) is 4.74 Å². The van der Waals surface area contributed by atoms with Crippen LogP contribution in [0.15, 0.2) is 60.8 Å². The lowest BCUT2D eigenvalue weighted by atomic mass is 10.0. The van der Waals surface area contributed by atoms with E-state index in [2.05, 4.69) is 14.8 Å². The van der Waals surface area contributed by atoms with Gasteiger partial charge in [-0.2, -0.15) is 5.10 Å². The van der Waals surface area contributed by atoms with E-state index in [-0.39, 0.29) is 28.2 Å². The summed E-state index contributed by atoms with van der Waals surface area (Å²) >= 11 is 0. The van der Waals surface area contributed by atoms with Gasteiger partial charge in [0, 0.05) is 5.56 Å². The zero-order valence-corrected chi connectivity index (χ0v) is 16.1. The number of ether oxygens (including phenoxy) is 2. The van der Waals surface area contributed by atoms with Gasteiger partial charge in [0.05, 0.1) is 31.5 Å². The van der Waals surface area contributed by atoms with Crippen molar-refractivity contribution in [3.8, 4) is 17.0 Å². The average molecular weight is 405 g/mol. The molecular weight excluding hydrogens is 389 g/mol. The van der Waals surface area contributed by atoms with Crippen LogP contribution in [0.2, 0.25) is 0 Å².